The highest BCUT2D eigenvalue weighted by Crippen LogP contribution is 2.26. The molecule has 1 amide bonds. The molecule has 3 aromatic rings. The molecule has 0 aliphatic heterocycles. The number of carbonyl (C=O) groups is 1. The van der Waals surface area contributed by atoms with Crippen molar-refractivity contribution in [3.8, 4) is 11.6 Å². The van der Waals surface area contributed by atoms with Gasteiger partial charge >= 0.3 is 0 Å². The number of nitrogens with one attached hydrogen (secondary N) is 1. The summed E-state index contributed by atoms with van der Waals surface area (Å²) < 4.78 is 7.92. The number of carbonyl (C=O) groups excluding carboxylic acids is 1. The lowest BCUT2D eigenvalue weighted by atomic mass is 10.2. The number of nitrogens with zero attached hydrogens (tertiary/aromatic N) is 3. The highest BCUT2D eigenvalue weighted by atomic mass is 79.9. The van der Waals surface area contributed by atoms with Gasteiger partial charge < -0.3 is 14.3 Å². The van der Waals surface area contributed by atoms with Gasteiger partial charge in [-0.1, -0.05) is 29.5 Å². The maximum atomic E-state index is 12.0. The Kier molecular flexibility index (Phi) is 5.06. The highest BCUT2D eigenvalue weighted by Gasteiger charge is 2.15. The van der Waals surface area contributed by atoms with E-state index in [1.807, 2.05) is 44.3 Å². The van der Waals surface area contributed by atoms with Crippen LogP contribution in [-0.4, -0.2) is 26.4 Å². The Morgan fingerprint density at radius 3 is 2.67 bits per heavy atom. The Hall–Kier alpha value is -2.06. The summed E-state index contributed by atoms with van der Waals surface area (Å²) in [5, 5.41) is 11.7. The van der Waals surface area contributed by atoms with E-state index < -0.39 is 0 Å². The zero-order valence-corrected chi connectivity index (χ0v) is 15.5. The Balaban J connectivity index is 1.61. The Morgan fingerprint density at radius 2 is 2.00 bits per heavy atom. The molecule has 0 bridgehead atoms. The predicted octanol–water partition coefficient (Wildman–Crippen LogP) is 3.88. The van der Waals surface area contributed by atoms with Crippen molar-refractivity contribution in [1.29, 1.82) is 0 Å². The van der Waals surface area contributed by atoms with Crippen molar-refractivity contribution in [2.24, 2.45) is 7.05 Å². The maximum Gasteiger partial charge on any atom is 0.234 e. The number of thioether (sulfide) groups is 1. The number of hydrogen-bond acceptors (Lipinski definition) is 5. The van der Waals surface area contributed by atoms with Gasteiger partial charge in [0.2, 0.25) is 5.91 Å². The van der Waals surface area contributed by atoms with Crippen LogP contribution in [0.15, 0.2) is 50.6 Å². The van der Waals surface area contributed by atoms with Gasteiger partial charge in [0.25, 0.3) is 0 Å². The number of furan rings is 1. The van der Waals surface area contributed by atoms with Gasteiger partial charge in [0.1, 0.15) is 0 Å². The summed E-state index contributed by atoms with van der Waals surface area (Å²) in [6.07, 6.45) is 0. The van der Waals surface area contributed by atoms with Crippen LogP contribution in [0.4, 0.5) is 5.69 Å². The Morgan fingerprint density at radius 1 is 1.25 bits per heavy atom. The van der Waals surface area contributed by atoms with Gasteiger partial charge in [0, 0.05) is 12.7 Å². The van der Waals surface area contributed by atoms with E-state index in [2.05, 4.69) is 31.4 Å². The van der Waals surface area contributed by atoms with Crippen molar-refractivity contribution >= 4 is 39.3 Å². The molecule has 3 rings (SSSR count). The minimum atomic E-state index is -0.0888. The van der Waals surface area contributed by atoms with Crippen molar-refractivity contribution in [1.82, 2.24) is 14.8 Å². The summed E-state index contributed by atoms with van der Waals surface area (Å²) in [6.45, 7) is 2.00. The molecule has 0 aliphatic rings. The molecule has 0 spiro atoms. The monoisotopic (exact) mass is 406 g/mol. The fourth-order valence-corrected chi connectivity index (χ4v) is 3.07. The van der Waals surface area contributed by atoms with Crippen molar-refractivity contribution in [2.75, 3.05) is 11.1 Å². The molecule has 0 saturated heterocycles. The van der Waals surface area contributed by atoms with Crippen LogP contribution in [0.25, 0.3) is 11.6 Å². The molecule has 0 radical (unpaired) electrons. The fraction of sp³-hybridized carbons (Fsp3) is 0.188. The minimum absolute atomic E-state index is 0.0888. The molecule has 1 N–H and O–H groups in total. The van der Waals surface area contributed by atoms with Crippen LogP contribution >= 0.6 is 27.7 Å². The quantitative estimate of drug-likeness (QED) is 0.650. The average molecular weight is 407 g/mol. The van der Waals surface area contributed by atoms with E-state index in [4.69, 9.17) is 4.42 Å². The first-order chi connectivity index (χ1) is 11.5. The van der Waals surface area contributed by atoms with Crippen LogP contribution in [0.5, 0.6) is 0 Å². The van der Waals surface area contributed by atoms with E-state index >= 15 is 0 Å². The van der Waals surface area contributed by atoms with Gasteiger partial charge in [-0.15, -0.1) is 10.2 Å². The van der Waals surface area contributed by atoms with Crippen LogP contribution in [0, 0.1) is 6.92 Å². The molecule has 0 fully saturated rings. The van der Waals surface area contributed by atoms with Crippen molar-refractivity contribution in [3.63, 3.8) is 0 Å². The average Bonchev–Trinajstić information content (AvgIpc) is 3.13. The number of aromatic nitrogens is 3. The van der Waals surface area contributed by atoms with Gasteiger partial charge in [-0.2, -0.15) is 0 Å². The normalized spacial score (nSPS) is 10.8. The van der Waals surface area contributed by atoms with Gasteiger partial charge in [-0.05, 0) is 47.1 Å². The smallest absolute Gasteiger partial charge is 0.234 e. The molecule has 0 unspecified atom stereocenters. The van der Waals surface area contributed by atoms with Crippen LogP contribution in [-0.2, 0) is 11.8 Å². The highest BCUT2D eigenvalue weighted by molar-refractivity contribution is 9.10. The molecule has 2 aromatic heterocycles. The van der Waals surface area contributed by atoms with E-state index in [1.165, 1.54) is 11.8 Å². The number of anilines is 1. The number of benzene rings is 1. The molecule has 0 aliphatic carbocycles. The lowest BCUT2D eigenvalue weighted by molar-refractivity contribution is -0.113. The van der Waals surface area contributed by atoms with Crippen molar-refractivity contribution in [2.45, 2.75) is 12.1 Å². The van der Waals surface area contributed by atoms with Crippen LogP contribution in [0.1, 0.15) is 5.56 Å². The summed E-state index contributed by atoms with van der Waals surface area (Å²) in [4.78, 5) is 12.0. The molecular formula is C16H15BrN4O2S. The first-order valence-corrected chi connectivity index (χ1v) is 8.95. The number of aryl methyl sites for hydroxylation is 1. The SMILES string of the molecule is Cc1ccc(NC(=O)CSc2nnc(-c3ccc(Br)o3)n2C)cc1. The first-order valence-electron chi connectivity index (χ1n) is 7.17. The second-order valence-corrected chi connectivity index (χ2v) is 6.90. The van der Waals surface area contributed by atoms with E-state index in [0.29, 0.717) is 21.4 Å². The van der Waals surface area contributed by atoms with Gasteiger partial charge in [-0.25, -0.2) is 0 Å². The van der Waals surface area contributed by atoms with Crippen molar-refractivity contribution in [3.05, 3.63) is 46.6 Å². The topological polar surface area (TPSA) is 73.0 Å². The summed E-state index contributed by atoms with van der Waals surface area (Å²) in [6, 6.07) is 11.3. The van der Waals surface area contributed by atoms with E-state index in [9.17, 15) is 4.79 Å². The molecule has 0 atom stereocenters. The summed E-state index contributed by atoms with van der Waals surface area (Å²) >= 11 is 4.59. The number of amides is 1. The summed E-state index contributed by atoms with van der Waals surface area (Å²) in [7, 11) is 1.84. The third kappa shape index (κ3) is 3.88. The Bertz CT molecular complexity index is 857. The van der Waals surface area contributed by atoms with E-state index in [0.717, 1.165) is 11.3 Å². The summed E-state index contributed by atoms with van der Waals surface area (Å²) in [5.41, 5.74) is 1.93. The fourth-order valence-electron chi connectivity index (χ4n) is 2.05. The third-order valence-corrected chi connectivity index (χ3v) is 4.74. The largest absolute Gasteiger partial charge is 0.446 e. The molecule has 2 heterocycles. The molecule has 124 valence electrons. The van der Waals surface area contributed by atoms with Crippen molar-refractivity contribution < 1.29 is 9.21 Å². The second-order valence-electron chi connectivity index (χ2n) is 5.17. The van der Waals surface area contributed by atoms with Gasteiger partial charge in [0.05, 0.1) is 5.75 Å². The molecule has 24 heavy (non-hydrogen) atoms. The summed E-state index contributed by atoms with van der Waals surface area (Å²) in [5.74, 6) is 1.39. The zero-order valence-electron chi connectivity index (χ0n) is 13.1. The second kappa shape index (κ2) is 7.23. The molecular weight excluding hydrogens is 392 g/mol. The van der Waals surface area contributed by atoms with Gasteiger partial charge in [-0.3, -0.25) is 4.79 Å². The Labute approximate surface area is 151 Å². The maximum absolute atomic E-state index is 12.0. The first kappa shape index (κ1) is 16.8. The number of hydrogen-bond donors (Lipinski definition) is 1. The standard InChI is InChI=1S/C16H15BrN4O2S/c1-10-3-5-11(6-4-10)18-14(22)9-24-16-20-19-15(21(16)2)12-7-8-13(17)23-12/h3-8H,9H2,1-2H3,(H,18,22). The number of rotatable bonds is 5. The van der Waals surface area contributed by atoms with Gasteiger partial charge in [0.15, 0.2) is 21.4 Å². The third-order valence-electron chi connectivity index (χ3n) is 3.30. The molecule has 1 aromatic carbocycles. The lowest BCUT2D eigenvalue weighted by Crippen LogP contribution is -2.14. The van der Waals surface area contributed by atoms with Crippen LogP contribution in [0.2, 0.25) is 0 Å². The molecule has 8 heteroatoms. The predicted molar refractivity (Wildman–Crippen MR) is 96.9 cm³/mol. The van der Waals surface area contributed by atoms with E-state index in [-0.39, 0.29) is 11.7 Å². The molecule has 0 saturated carbocycles. The van der Waals surface area contributed by atoms with Crippen LogP contribution < -0.4 is 5.32 Å². The lowest BCUT2D eigenvalue weighted by Gasteiger charge is -2.05. The zero-order chi connectivity index (χ0) is 17.1. The number of halogens is 1. The molecule has 6 nitrogen and oxygen atoms in total. The minimum Gasteiger partial charge on any atom is -0.446 e. The van der Waals surface area contributed by atoms with E-state index in [1.54, 1.807) is 10.6 Å². The van der Waals surface area contributed by atoms with Crippen LogP contribution in [0.3, 0.4) is 0 Å².